The van der Waals surface area contributed by atoms with Crippen LogP contribution in [-0.4, -0.2) is 11.1 Å². The van der Waals surface area contributed by atoms with E-state index in [4.69, 9.17) is 0 Å². The molecule has 2 heteroatoms. The third-order valence-corrected chi connectivity index (χ3v) is 6.42. The molecule has 0 bridgehead atoms. The first-order valence-electron chi connectivity index (χ1n) is 7.33. The van der Waals surface area contributed by atoms with Crippen LogP contribution in [0.15, 0.2) is 23.1 Å². The summed E-state index contributed by atoms with van der Waals surface area (Å²) in [5.41, 5.74) is 3.24. The van der Waals surface area contributed by atoms with E-state index in [0.29, 0.717) is 5.41 Å². The maximum Gasteiger partial charge on any atom is 0.0104 e. The fourth-order valence-electron chi connectivity index (χ4n) is 2.60. The molecule has 0 nitrogen and oxygen atoms in total. The van der Waals surface area contributed by atoms with E-state index in [-0.39, 0.29) is 0 Å². The number of hydrogen-bond acceptors (Lipinski definition) is 1. The van der Waals surface area contributed by atoms with Gasteiger partial charge in [0.05, 0.1) is 0 Å². The summed E-state index contributed by atoms with van der Waals surface area (Å²) in [5, 5.41) is 1.12. The first-order valence-corrected chi connectivity index (χ1v) is 9.43. The Bertz CT molecular complexity index is 381. The van der Waals surface area contributed by atoms with Crippen molar-refractivity contribution in [2.45, 2.75) is 58.3 Å². The molecular formula is C17H27BrS. The number of aryl methyl sites for hydroxylation is 2. The van der Waals surface area contributed by atoms with Gasteiger partial charge in [-0.1, -0.05) is 60.3 Å². The molecule has 0 radical (unpaired) electrons. The summed E-state index contributed by atoms with van der Waals surface area (Å²) in [6.07, 6.45) is 5.20. The van der Waals surface area contributed by atoms with Gasteiger partial charge < -0.3 is 0 Å². The topological polar surface area (TPSA) is 0 Å². The van der Waals surface area contributed by atoms with Crippen molar-refractivity contribution in [3.05, 3.63) is 29.3 Å². The Morgan fingerprint density at radius 2 is 1.74 bits per heavy atom. The molecule has 0 saturated carbocycles. The quantitative estimate of drug-likeness (QED) is 0.390. The highest BCUT2D eigenvalue weighted by molar-refractivity contribution is 9.09. The highest BCUT2D eigenvalue weighted by Gasteiger charge is 2.27. The maximum absolute atomic E-state index is 3.77. The van der Waals surface area contributed by atoms with Crippen LogP contribution in [-0.2, 0) is 0 Å². The van der Waals surface area contributed by atoms with E-state index in [1.165, 1.54) is 47.5 Å². The second-order valence-corrected chi connectivity index (χ2v) is 7.27. The Morgan fingerprint density at radius 3 is 2.26 bits per heavy atom. The van der Waals surface area contributed by atoms with Crippen LogP contribution in [0.1, 0.15) is 50.7 Å². The number of benzene rings is 1. The van der Waals surface area contributed by atoms with Gasteiger partial charge in [-0.05, 0) is 43.7 Å². The predicted octanol–water partition coefficient (Wildman–Crippen LogP) is 6.38. The van der Waals surface area contributed by atoms with E-state index in [0.717, 1.165) is 5.33 Å². The summed E-state index contributed by atoms with van der Waals surface area (Å²) in [4.78, 5) is 1.46. The zero-order chi connectivity index (χ0) is 14.3. The van der Waals surface area contributed by atoms with Crippen LogP contribution in [0.2, 0.25) is 0 Å². The van der Waals surface area contributed by atoms with Crippen molar-refractivity contribution in [3.8, 4) is 0 Å². The highest BCUT2D eigenvalue weighted by Crippen LogP contribution is 2.38. The normalized spacial score (nSPS) is 11.8. The van der Waals surface area contributed by atoms with Crippen molar-refractivity contribution >= 4 is 27.7 Å². The van der Waals surface area contributed by atoms with Crippen molar-refractivity contribution in [3.63, 3.8) is 0 Å². The van der Waals surface area contributed by atoms with E-state index in [1.807, 2.05) is 11.8 Å². The molecule has 0 N–H and O–H groups in total. The lowest BCUT2D eigenvalue weighted by Crippen LogP contribution is -2.25. The molecule has 0 atom stereocenters. The van der Waals surface area contributed by atoms with Crippen LogP contribution in [0, 0.1) is 19.3 Å². The molecule has 1 aromatic rings. The van der Waals surface area contributed by atoms with Gasteiger partial charge in [-0.3, -0.25) is 0 Å². The predicted molar refractivity (Wildman–Crippen MR) is 92.7 cm³/mol. The Labute approximate surface area is 131 Å². The van der Waals surface area contributed by atoms with Gasteiger partial charge in [0.2, 0.25) is 0 Å². The van der Waals surface area contributed by atoms with Crippen LogP contribution >= 0.6 is 27.7 Å². The maximum atomic E-state index is 3.77. The highest BCUT2D eigenvalue weighted by atomic mass is 79.9. The third kappa shape index (κ3) is 5.15. The molecule has 0 unspecified atom stereocenters. The van der Waals surface area contributed by atoms with Crippen molar-refractivity contribution in [1.29, 1.82) is 0 Å². The summed E-state index contributed by atoms with van der Waals surface area (Å²) in [6.45, 7) is 9.00. The van der Waals surface area contributed by atoms with Crippen molar-refractivity contribution < 1.29 is 0 Å². The third-order valence-electron chi connectivity index (χ3n) is 3.72. The van der Waals surface area contributed by atoms with Crippen LogP contribution in [0.3, 0.4) is 0 Å². The summed E-state index contributed by atoms with van der Waals surface area (Å²) in [5.74, 6) is 1.23. The van der Waals surface area contributed by atoms with Gasteiger partial charge in [0.15, 0.2) is 0 Å². The number of rotatable bonds is 8. The standard InChI is InChI=1S/C17H27BrS/c1-5-9-17(12-18,10-6-2)13-19-16-11-14(3)7-8-15(16)4/h7-8,11H,5-6,9-10,12-13H2,1-4H3. The Balaban J connectivity index is 2.77. The van der Waals surface area contributed by atoms with E-state index in [1.54, 1.807) is 0 Å². The van der Waals surface area contributed by atoms with Gasteiger partial charge in [-0.2, -0.15) is 0 Å². The molecule has 0 fully saturated rings. The average Bonchev–Trinajstić information content (AvgIpc) is 2.40. The molecule has 0 amide bonds. The fourth-order valence-corrected chi connectivity index (χ4v) is 5.03. The van der Waals surface area contributed by atoms with Crippen molar-refractivity contribution in [2.24, 2.45) is 5.41 Å². The van der Waals surface area contributed by atoms with E-state index < -0.39 is 0 Å². The zero-order valence-electron chi connectivity index (χ0n) is 12.8. The van der Waals surface area contributed by atoms with Crippen LogP contribution in [0.25, 0.3) is 0 Å². The molecule has 0 aliphatic rings. The molecule has 0 saturated heterocycles. The molecule has 0 aliphatic carbocycles. The lowest BCUT2D eigenvalue weighted by atomic mass is 9.83. The molecule has 1 aromatic carbocycles. The zero-order valence-corrected chi connectivity index (χ0v) is 15.2. The van der Waals surface area contributed by atoms with Gasteiger partial charge in [-0.25, -0.2) is 0 Å². The number of halogens is 1. The van der Waals surface area contributed by atoms with Crippen molar-refractivity contribution in [1.82, 2.24) is 0 Å². The molecular weight excluding hydrogens is 316 g/mol. The minimum atomic E-state index is 0.463. The molecule has 0 aromatic heterocycles. The summed E-state index contributed by atoms with van der Waals surface area (Å²) in [7, 11) is 0. The first-order chi connectivity index (χ1) is 9.06. The van der Waals surface area contributed by atoms with E-state index >= 15 is 0 Å². The SMILES string of the molecule is CCCC(CBr)(CCC)CSc1cc(C)ccc1C. The fraction of sp³-hybridized carbons (Fsp3) is 0.647. The van der Waals surface area contributed by atoms with Gasteiger partial charge in [0, 0.05) is 16.0 Å². The monoisotopic (exact) mass is 342 g/mol. The van der Waals surface area contributed by atoms with E-state index in [2.05, 4.69) is 61.8 Å². The molecule has 108 valence electrons. The molecule has 0 heterocycles. The minimum Gasteiger partial charge on any atom is -0.125 e. The average molecular weight is 343 g/mol. The lowest BCUT2D eigenvalue weighted by molar-refractivity contribution is 0.320. The van der Waals surface area contributed by atoms with Gasteiger partial charge >= 0.3 is 0 Å². The lowest BCUT2D eigenvalue weighted by Gasteiger charge is -2.31. The largest absolute Gasteiger partial charge is 0.125 e. The first kappa shape index (κ1) is 17.1. The Hall–Kier alpha value is 0.0500. The summed E-state index contributed by atoms with van der Waals surface area (Å²) in [6, 6.07) is 6.78. The minimum absolute atomic E-state index is 0.463. The number of hydrogen-bond donors (Lipinski definition) is 0. The molecule has 1 rings (SSSR count). The van der Waals surface area contributed by atoms with Crippen LogP contribution in [0.5, 0.6) is 0 Å². The van der Waals surface area contributed by atoms with Gasteiger partial charge in [0.1, 0.15) is 0 Å². The Kier molecular flexibility index (Phi) is 7.53. The smallest absolute Gasteiger partial charge is 0.0104 e. The number of thioether (sulfide) groups is 1. The molecule has 0 aliphatic heterocycles. The molecule has 0 spiro atoms. The van der Waals surface area contributed by atoms with Gasteiger partial charge in [-0.15, -0.1) is 11.8 Å². The second kappa shape index (κ2) is 8.36. The summed E-state index contributed by atoms with van der Waals surface area (Å²) >= 11 is 5.81. The summed E-state index contributed by atoms with van der Waals surface area (Å²) < 4.78 is 0. The molecule has 19 heavy (non-hydrogen) atoms. The van der Waals surface area contributed by atoms with Crippen LogP contribution < -0.4 is 0 Å². The second-order valence-electron chi connectivity index (χ2n) is 5.69. The number of alkyl halides is 1. The van der Waals surface area contributed by atoms with Gasteiger partial charge in [0.25, 0.3) is 0 Å². The van der Waals surface area contributed by atoms with E-state index in [9.17, 15) is 0 Å². The van der Waals surface area contributed by atoms with Crippen molar-refractivity contribution in [2.75, 3.05) is 11.1 Å². The Morgan fingerprint density at radius 1 is 1.11 bits per heavy atom. The van der Waals surface area contributed by atoms with Crippen LogP contribution in [0.4, 0.5) is 0 Å².